The Morgan fingerprint density at radius 3 is 1.14 bits per heavy atom. The first-order chi connectivity index (χ1) is 14.2. The van der Waals surface area contributed by atoms with Crippen molar-refractivity contribution in [1.82, 2.24) is 0 Å². The van der Waals surface area contributed by atoms with Crippen LogP contribution in [-0.2, 0) is 4.74 Å². The minimum Gasteiger partial charge on any atom is -0.346 e. The van der Waals surface area contributed by atoms with Crippen LogP contribution >= 0.6 is 7.26 Å². The van der Waals surface area contributed by atoms with Gasteiger partial charge in [-0.15, -0.1) is 0 Å². The van der Waals surface area contributed by atoms with Crippen LogP contribution in [0.5, 0.6) is 0 Å². The largest absolute Gasteiger partial charge is 0.346 e. The molecule has 0 aliphatic carbocycles. The lowest BCUT2D eigenvalue weighted by molar-refractivity contribution is 0.171. The highest BCUT2D eigenvalue weighted by molar-refractivity contribution is 7.75. The Bertz CT molecular complexity index is 283. The number of ether oxygens (including phenoxy) is 1. The summed E-state index contributed by atoms with van der Waals surface area (Å²) in [5.41, 5.74) is 0. The van der Waals surface area contributed by atoms with Crippen molar-refractivity contribution in [1.29, 1.82) is 0 Å². The second-order valence-electron chi connectivity index (χ2n) is 9.50. The summed E-state index contributed by atoms with van der Waals surface area (Å²) in [5, 5.41) is 0. The Morgan fingerprint density at radius 2 is 0.759 bits per heavy atom. The molecule has 0 aromatic carbocycles. The van der Waals surface area contributed by atoms with Crippen LogP contribution in [0.25, 0.3) is 0 Å². The third-order valence-corrected chi connectivity index (χ3v) is 11.0. The molecular weight excluding hydrogens is 371 g/mol. The number of hydrogen-bond donors (Lipinski definition) is 0. The molecule has 0 saturated carbocycles. The fourth-order valence-corrected chi connectivity index (χ4v) is 8.85. The van der Waals surface area contributed by atoms with Gasteiger partial charge in [0, 0.05) is 7.26 Å². The van der Waals surface area contributed by atoms with Gasteiger partial charge < -0.3 is 4.74 Å². The molecule has 0 aliphatic heterocycles. The average molecular weight is 430 g/mol. The van der Waals surface area contributed by atoms with Gasteiger partial charge in [0.15, 0.2) is 6.35 Å². The molecule has 0 aliphatic rings. The molecule has 0 N–H and O–H groups in total. The van der Waals surface area contributed by atoms with E-state index in [1.54, 1.807) is 0 Å². The van der Waals surface area contributed by atoms with E-state index in [1.807, 2.05) is 0 Å². The van der Waals surface area contributed by atoms with Crippen LogP contribution in [0.15, 0.2) is 0 Å². The lowest BCUT2D eigenvalue weighted by atomic mass is 10.1. The van der Waals surface area contributed by atoms with Crippen molar-refractivity contribution in [2.24, 2.45) is 0 Å². The topological polar surface area (TPSA) is 9.23 Å². The zero-order chi connectivity index (χ0) is 21.5. The molecule has 176 valence electrons. The molecule has 0 aromatic heterocycles. The molecule has 0 radical (unpaired) electrons. The molecule has 0 aromatic rings. The molecule has 0 atom stereocenters. The van der Waals surface area contributed by atoms with Gasteiger partial charge in [-0.05, 0) is 25.7 Å². The summed E-state index contributed by atoms with van der Waals surface area (Å²) >= 11 is 0. The van der Waals surface area contributed by atoms with Gasteiger partial charge in [0.2, 0.25) is 0 Å². The molecule has 0 bridgehead atoms. The molecule has 0 heterocycles. The summed E-state index contributed by atoms with van der Waals surface area (Å²) in [7, 11) is -0.852. The van der Waals surface area contributed by atoms with Crippen molar-refractivity contribution in [3.63, 3.8) is 0 Å². The molecule has 0 amide bonds. The minimum absolute atomic E-state index is 0.852. The minimum atomic E-state index is -0.852. The van der Waals surface area contributed by atoms with Crippen LogP contribution in [0.4, 0.5) is 0 Å². The maximum absolute atomic E-state index is 6.33. The van der Waals surface area contributed by atoms with Crippen LogP contribution in [0.2, 0.25) is 0 Å². The summed E-state index contributed by atoms with van der Waals surface area (Å²) in [5.74, 6) is 0. The highest BCUT2D eigenvalue weighted by atomic mass is 31.2. The van der Waals surface area contributed by atoms with Crippen LogP contribution in [0, 0.1) is 0 Å². The molecule has 0 unspecified atom stereocenters. The highest BCUT2D eigenvalue weighted by Crippen LogP contribution is 2.60. The predicted octanol–water partition coefficient (Wildman–Crippen LogP) is 10.1. The Balaban J connectivity index is 3.79. The normalized spacial score (nSPS) is 12.0. The first-order valence-electron chi connectivity index (χ1n) is 13.7. The van der Waals surface area contributed by atoms with Crippen molar-refractivity contribution < 1.29 is 4.74 Å². The van der Waals surface area contributed by atoms with Gasteiger partial charge >= 0.3 is 0 Å². The molecule has 2 heteroatoms. The number of unbranched alkanes of at least 4 members (excludes halogenated alkanes) is 14. The second kappa shape index (κ2) is 23.1. The van der Waals surface area contributed by atoms with E-state index in [0.717, 1.165) is 13.0 Å². The quantitative estimate of drug-likeness (QED) is 0.109. The summed E-state index contributed by atoms with van der Waals surface area (Å²) in [6, 6.07) is 0. The first-order valence-corrected chi connectivity index (χ1v) is 16.2. The van der Waals surface area contributed by atoms with E-state index in [-0.39, 0.29) is 0 Å². The maximum atomic E-state index is 6.33. The van der Waals surface area contributed by atoms with E-state index < -0.39 is 7.26 Å². The first kappa shape index (κ1) is 29.4. The van der Waals surface area contributed by atoms with Crippen molar-refractivity contribution in [2.45, 2.75) is 143 Å². The Kier molecular flexibility index (Phi) is 23.4. The summed E-state index contributed by atoms with van der Waals surface area (Å²) < 4.78 is 6.33. The lowest BCUT2D eigenvalue weighted by Gasteiger charge is -2.27. The van der Waals surface area contributed by atoms with Gasteiger partial charge in [0.25, 0.3) is 0 Å². The van der Waals surface area contributed by atoms with Gasteiger partial charge in [-0.25, -0.2) is 0 Å². The van der Waals surface area contributed by atoms with E-state index in [0.29, 0.717) is 0 Å². The monoisotopic (exact) mass is 429 g/mol. The van der Waals surface area contributed by atoms with Crippen molar-refractivity contribution in [2.75, 3.05) is 31.4 Å². The van der Waals surface area contributed by atoms with Crippen LogP contribution in [-0.4, -0.2) is 31.4 Å². The van der Waals surface area contributed by atoms with Crippen LogP contribution in [0.1, 0.15) is 143 Å². The average Bonchev–Trinajstić information content (AvgIpc) is 2.74. The van der Waals surface area contributed by atoms with E-state index in [2.05, 4.69) is 27.7 Å². The van der Waals surface area contributed by atoms with E-state index >= 15 is 0 Å². The zero-order valence-corrected chi connectivity index (χ0v) is 22.0. The van der Waals surface area contributed by atoms with E-state index in [4.69, 9.17) is 4.74 Å². The fourth-order valence-electron chi connectivity index (χ4n) is 4.31. The maximum Gasteiger partial charge on any atom is 0.157 e. The van der Waals surface area contributed by atoms with Crippen LogP contribution in [0.3, 0.4) is 0 Å². The molecular formula is C27H58OP+. The number of hydrogen-bond acceptors (Lipinski definition) is 1. The Labute approximate surface area is 186 Å². The predicted molar refractivity (Wildman–Crippen MR) is 138 cm³/mol. The fraction of sp³-hybridized carbons (Fsp3) is 1.00. The van der Waals surface area contributed by atoms with Crippen LogP contribution < -0.4 is 0 Å². The van der Waals surface area contributed by atoms with E-state index in [1.165, 1.54) is 134 Å². The van der Waals surface area contributed by atoms with Crippen molar-refractivity contribution >= 4 is 7.26 Å². The van der Waals surface area contributed by atoms with Gasteiger partial charge in [0.1, 0.15) is 0 Å². The summed E-state index contributed by atoms with van der Waals surface area (Å²) in [6.45, 7) is 10.4. The SMILES string of the molecule is CCCCCCCCCCCCCCOC[P+](CCCC)(CCCC)CCCC. The molecule has 0 saturated heterocycles. The van der Waals surface area contributed by atoms with Crippen molar-refractivity contribution in [3.8, 4) is 0 Å². The highest BCUT2D eigenvalue weighted by Gasteiger charge is 2.35. The standard InChI is InChI=1S/C27H58OP/c1-5-9-13-14-15-16-17-18-19-20-21-22-23-28-27-29(24-10-6-2,25-11-7-3)26-12-8-4/h5-27H2,1-4H3/q+1. The third kappa shape index (κ3) is 18.8. The molecule has 1 nitrogen and oxygen atoms in total. The smallest absolute Gasteiger partial charge is 0.157 e. The lowest BCUT2D eigenvalue weighted by Crippen LogP contribution is -2.15. The molecule has 0 rings (SSSR count). The Morgan fingerprint density at radius 1 is 0.414 bits per heavy atom. The van der Waals surface area contributed by atoms with Gasteiger partial charge in [-0.1, -0.05) is 118 Å². The zero-order valence-electron chi connectivity index (χ0n) is 21.1. The van der Waals surface area contributed by atoms with Gasteiger partial charge in [-0.3, -0.25) is 0 Å². The number of rotatable bonds is 24. The second-order valence-corrected chi connectivity index (χ2v) is 13.8. The van der Waals surface area contributed by atoms with Crippen molar-refractivity contribution in [3.05, 3.63) is 0 Å². The Hall–Kier alpha value is 0.390. The summed E-state index contributed by atoms with van der Waals surface area (Å²) in [4.78, 5) is 0. The van der Waals surface area contributed by atoms with Gasteiger partial charge in [0.05, 0.1) is 25.1 Å². The molecule has 0 spiro atoms. The molecule has 0 fully saturated rings. The van der Waals surface area contributed by atoms with E-state index in [9.17, 15) is 0 Å². The third-order valence-electron chi connectivity index (χ3n) is 6.47. The summed E-state index contributed by atoms with van der Waals surface area (Å²) in [6.07, 6.45) is 31.0. The van der Waals surface area contributed by atoms with Gasteiger partial charge in [-0.2, -0.15) is 0 Å². The molecule has 29 heavy (non-hydrogen) atoms.